The minimum atomic E-state index is 0.642. The first kappa shape index (κ1) is 22.7. The van der Waals surface area contributed by atoms with Crippen molar-refractivity contribution >= 4 is 0 Å². The van der Waals surface area contributed by atoms with Gasteiger partial charge in [0.25, 0.3) is 0 Å². The Kier molecular flexibility index (Phi) is 10.9. The van der Waals surface area contributed by atoms with Gasteiger partial charge in [0.15, 0.2) is 0 Å². The molecule has 144 valence electrons. The maximum absolute atomic E-state index is 2.25. The molecule has 3 aromatic rings. The first-order chi connectivity index (χ1) is 12.9. The van der Waals surface area contributed by atoms with Crippen LogP contribution in [0.3, 0.4) is 0 Å². The summed E-state index contributed by atoms with van der Waals surface area (Å²) < 4.78 is 0. The molecule has 0 heterocycles. The molecule has 0 fully saturated rings. The maximum Gasteiger partial charge on any atom is -0.0216 e. The van der Waals surface area contributed by atoms with E-state index in [1.54, 1.807) is 0 Å². The number of rotatable bonds is 3. The fourth-order valence-electron chi connectivity index (χ4n) is 2.79. The molecule has 0 aliphatic heterocycles. The highest BCUT2D eigenvalue weighted by atomic mass is 14.1. The average molecular weight is 361 g/mol. The lowest BCUT2D eigenvalue weighted by Gasteiger charge is -2.14. The molecule has 0 saturated heterocycles. The molecule has 27 heavy (non-hydrogen) atoms. The van der Waals surface area contributed by atoms with E-state index in [1.807, 2.05) is 42.5 Å². The van der Waals surface area contributed by atoms with Crippen LogP contribution in [0.25, 0.3) is 0 Å². The summed E-state index contributed by atoms with van der Waals surface area (Å²) in [5, 5.41) is 0. The zero-order valence-electron chi connectivity index (χ0n) is 17.9. The van der Waals surface area contributed by atoms with E-state index in [0.29, 0.717) is 17.8 Å². The van der Waals surface area contributed by atoms with Gasteiger partial charge in [0.1, 0.15) is 0 Å². The molecule has 0 N–H and O–H groups in total. The molecule has 0 unspecified atom stereocenters. The second-order valence-electron chi connectivity index (χ2n) is 7.66. The Labute approximate surface area is 167 Å². The topological polar surface area (TPSA) is 0 Å². The smallest absolute Gasteiger partial charge is 0.0216 e. The molecule has 0 bridgehead atoms. The van der Waals surface area contributed by atoms with E-state index in [2.05, 4.69) is 90.1 Å². The third kappa shape index (κ3) is 9.24. The molecular formula is C27H36. The van der Waals surface area contributed by atoms with Gasteiger partial charge in [-0.1, -0.05) is 133 Å². The lowest BCUT2D eigenvalue weighted by molar-refractivity contribution is 0.790. The van der Waals surface area contributed by atoms with Crippen molar-refractivity contribution in [2.45, 2.75) is 59.3 Å². The Balaban J connectivity index is 0.000000214. The van der Waals surface area contributed by atoms with Crippen molar-refractivity contribution in [2.24, 2.45) is 0 Å². The van der Waals surface area contributed by atoms with E-state index in [9.17, 15) is 0 Å². The lowest BCUT2D eigenvalue weighted by atomic mass is 9.91. The van der Waals surface area contributed by atoms with E-state index in [1.165, 1.54) is 16.7 Å². The Morgan fingerprint density at radius 2 is 0.667 bits per heavy atom. The maximum atomic E-state index is 2.25. The average Bonchev–Trinajstić information content (AvgIpc) is 2.71. The number of benzene rings is 3. The molecule has 0 spiro atoms. The normalized spacial score (nSPS) is 10.1. The summed E-state index contributed by atoms with van der Waals surface area (Å²) in [6.07, 6.45) is 0. The molecule has 0 saturated carbocycles. The third-order valence-electron chi connectivity index (χ3n) is 4.37. The van der Waals surface area contributed by atoms with Gasteiger partial charge in [0.2, 0.25) is 0 Å². The molecule has 0 amide bonds. The summed E-state index contributed by atoms with van der Waals surface area (Å²) in [7, 11) is 0. The van der Waals surface area contributed by atoms with Crippen LogP contribution in [0.1, 0.15) is 76.0 Å². The van der Waals surface area contributed by atoms with Crippen LogP contribution in [0.15, 0.2) is 91.0 Å². The third-order valence-corrected chi connectivity index (χ3v) is 4.37. The van der Waals surface area contributed by atoms with Crippen LogP contribution in [0, 0.1) is 0 Å². The van der Waals surface area contributed by atoms with Gasteiger partial charge >= 0.3 is 0 Å². The molecule has 0 radical (unpaired) electrons. The summed E-state index contributed by atoms with van der Waals surface area (Å²) in [5.74, 6) is 1.94. The monoisotopic (exact) mass is 360 g/mol. The van der Waals surface area contributed by atoms with Gasteiger partial charge in [-0.25, -0.2) is 0 Å². The predicted octanol–water partition coefficient (Wildman–Crippen LogP) is 8.43. The minimum absolute atomic E-state index is 0.642. The molecule has 3 aromatic carbocycles. The van der Waals surface area contributed by atoms with Gasteiger partial charge in [-0.05, 0) is 34.4 Å². The van der Waals surface area contributed by atoms with Gasteiger partial charge in [-0.3, -0.25) is 0 Å². The van der Waals surface area contributed by atoms with Gasteiger partial charge in [-0.15, -0.1) is 0 Å². The fraction of sp³-hybridized carbons (Fsp3) is 0.333. The molecule has 0 nitrogen and oxygen atoms in total. The molecule has 0 heteroatoms. The molecule has 0 atom stereocenters. The quantitative estimate of drug-likeness (QED) is 0.439. The highest BCUT2D eigenvalue weighted by Gasteiger charge is 2.07. The SMILES string of the molecule is CC(C)c1ccccc1.CC(C)c1ccccc1C(C)C.c1ccccc1. The predicted molar refractivity (Wildman–Crippen MR) is 122 cm³/mol. The highest BCUT2D eigenvalue weighted by molar-refractivity contribution is 5.31. The summed E-state index contributed by atoms with van der Waals surface area (Å²) in [5.41, 5.74) is 4.40. The lowest BCUT2D eigenvalue weighted by Crippen LogP contribution is -1.97. The Morgan fingerprint density at radius 1 is 0.370 bits per heavy atom. The van der Waals surface area contributed by atoms with Gasteiger partial charge in [0.05, 0.1) is 0 Å². The van der Waals surface area contributed by atoms with E-state index in [4.69, 9.17) is 0 Å². The van der Waals surface area contributed by atoms with Crippen molar-refractivity contribution in [1.82, 2.24) is 0 Å². The fourth-order valence-corrected chi connectivity index (χ4v) is 2.79. The van der Waals surface area contributed by atoms with Crippen LogP contribution < -0.4 is 0 Å². The molecule has 0 aliphatic carbocycles. The largest absolute Gasteiger partial charge is 0.0623 e. The van der Waals surface area contributed by atoms with Gasteiger partial charge in [0, 0.05) is 0 Å². The zero-order chi connectivity index (χ0) is 20.1. The Bertz CT molecular complexity index is 656. The standard InChI is InChI=1S/C12H18.C9H12.C6H6/c1-9(2)11-7-5-6-8-12(11)10(3)4;1-8(2)9-6-4-3-5-7-9;1-2-4-6-5-3-1/h5-10H,1-4H3;3-8H,1-2H3;1-6H. The van der Waals surface area contributed by atoms with Crippen molar-refractivity contribution in [3.05, 3.63) is 108 Å². The van der Waals surface area contributed by atoms with Crippen molar-refractivity contribution < 1.29 is 0 Å². The Hall–Kier alpha value is -2.34. The van der Waals surface area contributed by atoms with Crippen LogP contribution in [0.5, 0.6) is 0 Å². The van der Waals surface area contributed by atoms with E-state index < -0.39 is 0 Å². The van der Waals surface area contributed by atoms with Crippen LogP contribution in [-0.4, -0.2) is 0 Å². The van der Waals surface area contributed by atoms with E-state index >= 15 is 0 Å². The summed E-state index contributed by atoms with van der Waals surface area (Å²) in [4.78, 5) is 0. The highest BCUT2D eigenvalue weighted by Crippen LogP contribution is 2.25. The van der Waals surface area contributed by atoms with Crippen molar-refractivity contribution in [2.75, 3.05) is 0 Å². The molecule has 0 aromatic heterocycles. The van der Waals surface area contributed by atoms with Gasteiger partial charge < -0.3 is 0 Å². The molecule has 0 aliphatic rings. The molecule has 3 rings (SSSR count). The zero-order valence-corrected chi connectivity index (χ0v) is 17.9. The van der Waals surface area contributed by atoms with Crippen molar-refractivity contribution in [3.63, 3.8) is 0 Å². The van der Waals surface area contributed by atoms with Crippen molar-refractivity contribution in [3.8, 4) is 0 Å². The van der Waals surface area contributed by atoms with Crippen LogP contribution in [0.2, 0.25) is 0 Å². The summed E-state index contributed by atoms with van der Waals surface area (Å²) in [6.45, 7) is 13.4. The van der Waals surface area contributed by atoms with Crippen molar-refractivity contribution in [1.29, 1.82) is 0 Å². The Morgan fingerprint density at radius 3 is 0.926 bits per heavy atom. The second-order valence-corrected chi connectivity index (χ2v) is 7.66. The number of hydrogen-bond acceptors (Lipinski definition) is 0. The number of hydrogen-bond donors (Lipinski definition) is 0. The minimum Gasteiger partial charge on any atom is -0.0623 e. The first-order valence-corrected chi connectivity index (χ1v) is 10.1. The van der Waals surface area contributed by atoms with Gasteiger partial charge in [-0.2, -0.15) is 0 Å². The van der Waals surface area contributed by atoms with Crippen LogP contribution >= 0.6 is 0 Å². The van der Waals surface area contributed by atoms with Crippen LogP contribution in [0.4, 0.5) is 0 Å². The summed E-state index contributed by atoms with van der Waals surface area (Å²) >= 11 is 0. The van der Waals surface area contributed by atoms with E-state index in [0.717, 1.165) is 0 Å². The second kappa shape index (κ2) is 12.9. The summed E-state index contributed by atoms with van der Waals surface area (Å²) in [6, 6.07) is 31.2. The first-order valence-electron chi connectivity index (χ1n) is 10.1. The molecular weight excluding hydrogens is 324 g/mol. The van der Waals surface area contributed by atoms with E-state index in [-0.39, 0.29) is 0 Å². The van der Waals surface area contributed by atoms with Crippen LogP contribution in [-0.2, 0) is 0 Å².